The Hall–Kier alpha value is -3.61. The number of rotatable bonds is 5. The van der Waals surface area contributed by atoms with E-state index in [1.807, 2.05) is 6.07 Å². The molecule has 9 nitrogen and oxygen atoms in total. The second kappa shape index (κ2) is 8.26. The van der Waals surface area contributed by atoms with Crippen molar-refractivity contribution in [2.75, 3.05) is 4.90 Å². The lowest BCUT2D eigenvalue weighted by atomic mass is 9.60. The molecule has 0 amide bonds. The van der Waals surface area contributed by atoms with Gasteiger partial charge in [-0.1, -0.05) is 18.6 Å². The van der Waals surface area contributed by atoms with E-state index in [-0.39, 0.29) is 34.9 Å². The number of fused-ring (bicyclic) bond motifs is 2. The average Bonchev–Trinajstić information content (AvgIpc) is 3.57. The number of halogens is 1. The van der Waals surface area contributed by atoms with Crippen LogP contribution in [0.3, 0.4) is 0 Å². The molecular formula is C25H27FN8O. The fourth-order valence-electron chi connectivity index (χ4n) is 6.04. The Labute approximate surface area is 202 Å². The van der Waals surface area contributed by atoms with Crippen molar-refractivity contribution in [1.29, 1.82) is 5.26 Å². The lowest BCUT2D eigenvalue weighted by Gasteiger charge is -2.51. The largest absolute Gasteiger partial charge is 0.507 e. The highest BCUT2D eigenvalue weighted by atomic mass is 19.1. The van der Waals surface area contributed by atoms with Crippen LogP contribution in [0, 0.1) is 22.7 Å². The summed E-state index contributed by atoms with van der Waals surface area (Å²) in [4.78, 5) is 6.68. The monoisotopic (exact) mass is 474 g/mol. The molecule has 0 saturated heterocycles. The lowest BCUT2D eigenvalue weighted by Crippen LogP contribution is -2.54. The zero-order valence-electron chi connectivity index (χ0n) is 19.5. The number of hydrogen-bond donors (Lipinski definition) is 1. The van der Waals surface area contributed by atoms with Gasteiger partial charge in [0.15, 0.2) is 5.69 Å². The van der Waals surface area contributed by atoms with Crippen LogP contribution in [0.2, 0.25) is 0 Å². The van der Waals surface area contributed by atoms with Crippen molar-refractivity contribution in [2.24, 2.45) is 11.3 Å². The van der Waals surface area contributed by atoms with E-state index >= 15 is 4.39 Å². The molecule has 10 heteroatoms. The molecule has 2 aromatic heterocycles. The number of aromatic hydroxyl groups is 1. The van der Waals surface area contributed by atoms with Crippen molar-refractivity contribution in [1.82, 2.24) is 30.2 Å². The first-order chi connectivity index (χ1) is 16.9. The molecule has 0 spiro atoms. The molecule has 180 valence electrons. The number of benzene rings is 1. The van der Waals surface area contributed by atoms with Gasteiger partial charge in [-0.05, 0) is 62.0 Å². The van der Waals surface area contributed by atoms with Crippen molar-refractivity contribution in [3.63, 3.8) is 0 Å². The zero-order valence-corrected chi connectivity index (χ0v) is 19.5. The molecule has 4 atom stereocenters. The summed E-state index contributed by atoms with van der Waals surface area (Å²) in [7, 11) is 0. The highest BCUT2D eigenvalue weighted by Crippen LogP contribution is 2.52. The van der Waals surface area contributed by atoms with Gasteiger partial charge in [-0.3, -0.25) is 0 Å². The fourth-order valence-corrected chi connectivity index (χ4v) is 6.04. The number of phenolic OH excluding ortho intramolecular Hbond substituents is 1. The first kappa shape index (κ1) is 21.9. The second-order valence-electron chi connectivity index (χ2n) is 10.5. The number of anilines is 1. The highest BCUT2D eigenvalue weighted by Gasteiger charge is 2.51. The molecule has 1 aromatic carbocycles. The van der Waals surface area contributed by atoms with Crippen LogP contribution in [0.4, 0.5) is 10.3 Å². The van der Waals surface area contributed by atoms with Gasteiger partial charge >= 0.3 is 0 Å². The maximum atomic E-state index is 15.6. The normalized spacial score (nSPS) is 27.9. The van der Waals surface area contributed by atoms with Gasteiger partial charge < -0.3 is 10.0 Å². The summed E-state index contributed by atoms with van der Waals surface area (Å²) < 4.78 is 17.0. The van der Waals surface area contributed by atoms with Crippen molar-refractivity contribution < 1.29 is 9.50 Å². The van der Waals surface area contributed by atoms with Gasteiger partial charge in [-0.25, -0.2) is 14.1 Å². The summed E-state index contributed by atoms with van der Waals surface area (Å²) in [5, 5.41) is 35.9. The predicted octanol–water partition coefficient (Wildman–Crippen LogP) is 3.97. The van der Waals surface area contributed by atoms with Crippen LogP contribution in [0.1, 0.15) is 57.6 Å². The van der Waals surface area contributed by atoms with E-state index in [2.05, 4.69) is 37.3 Å². The fraction of sp³-hybridized carbons (Fsp3) is 0.520. The summed E-state index contributed by atoms with van der Waals surface area (Å²) in [6.45, 7) is 2.30. The van der Waals surface area contributed by atoms with E-state index in [4.69, 9.17) is 5.26 Å². The van der Waals surface area contributed by atoms with Gasteiger partial charge in [-0.15, -0.1) is 15.3 Å². The number of hydrogen-bond acceptors (Lipinski definition) is 8. The van der Waals surface area contributed by atoms with Gasteiger partial charge in [-0.2, -0.15) is 5.26 Å². The third-order valence-electron chi connectivity index (χ3n) is 7.84. The van der Waals surface area contributed by atoms with Crippen LogP contribution in [-0.4, -0.2) is 53.5 Å². The predicted molar refractivity (Wildman–Crippen MR) is 125 cm³/mol. The summed E-state index contributed by atoms with van der Waals surface area (Å²) in [5.41, 5.74) is 1.83. The third kappa shape index (κ3) is 3.99. The molecule has 3 aliphatic rings. The second-order valence-corrected chi connectivity index (χ2v) is 10.5. The molecule has 1 N–H and O–H groups in total. The minimum atomic E-state index is -0.873. The van der Waals surface area contributed by atoms with Crippen LogP contribution < -0.4 is 4.90 Å². The maximum Gasteiger partial charge on any atom is 0.245 e. The molecule has 0 aliphatic heterocycles. The summed E-state index contributed by atoms with van der Waals surface area (Å²) in [5.74, 6) is 0.567. The van der Waals surface area contributed by atoms with Crippen LogP contribution in [0.5, 0.6) is 5.75 Å². The maximum absolute atomic E-state index is 15.6. The molecule has 0 radical (unpaired) electrons. The lowest BCUT2D eigenvalue weighted by molar-refractivity contribution is 0.00923. The minimum absolute atomic E-state index is 0.0174. The summed E-state index contributed by atoms with van der Waals surface area (Å²) in [6, 6.07) is 6.94. The van der Waals surface area contributed by atoms with Gasteiger partial charge in [0.25, 0.3) is 0 Å². The highest BCUT2D eigenvalue weighted by molar-refractivity contribution is 5.68. The Morgan fingerprint density at radius 2 is 2.06 bits per heavy atom. The molecule has 35 heavy (non-hydrogen) atoms. The molecule has 3 aromatic rings. The molecule has 2 heterocycles. The first-order valence-electron chi connectivity index (χ1n) is 12.2. The SMILES string of the molecule is C[C@@]12CCC[C@H](C1)[C@@H](F)[C@@H](N(c1ncc(-c3ccc(-n4cc(C#N)nn4)cc3O)nn1)C1CC1)C2. The third-order valence-corrected chi connectivity index (χ3v) is 7.84. The Balaban J connectivity index is 1.26. The standard InChI is InChI=1S/C25H27FN8O/c1-25-8-2-3-15(10-25)23(26)21(11-25)34(17-4-5-17)24-28-13-20(30-31-24)19-7-6-18(9-22(19)35)33-14-16(12-27)29-32-33/h6-7,9,13-15,17,21,23,35H,2-5,8,10-11H2,1H3/t15-,21+,23-,25-/m1/s1. The first-order valence-corrected chi connectivity index (χ1v) is 12.2. The average molecular weight is 475 g/mol. The van der Waals surface area contributed by atoms with E-state index in [1.165, 1.54) is 16.9 Å². The molecule has 6 rings (SSSR count). The van der Waals surface area contributed by atoms with Crippen molar-refractivity contribution in [2.45, 2.75) is 70.1 Å². The van der Waals surface area contributed by atoms with Crippen molar-refractivity contribution in [3.05, 3.63) is 36.3 Å². The molecule has 3 fully saturated rings. The van der Waals surface area contributed by atoms with E-state index in [0.717, 1.165) is 44.9 Å². The van der Waals surface area contributed by atoms with E-state index < -0.39 is 6.17 Å². The topological polar surface area (TPSA) is 117 Å². The van der Waals surface area contributed by atoms with E-state index in [9.17, 15) is 5.11 Å². The molecule has 3 saturated carbocycles. The Kier molecular flexibility index (Phi) is 5.16. The smallest absolute Gasteiger partial charge is 0.245 e. The molecular weight excluding hydrogens is 447 g/mol. The van der Waals surface area contributed by atoms with Gasteiger partial charge in [0.2, 0.25) is 5.95 Å². The number of alkyl halides is 1. The molecule has 2 bridgehead atoms. The number of phenols is 1. The zero-order chi connectivity index (χ0) is 24.2. The van der Waals surface area contributed by atoms with Crippen LogP contribution in [0.25, 0.3) is 16.9 Å². The van der Waals surface area contributed by atoms with Crippen LogP contribution >= 0.6 is 0 Å². The Morgan fingerprint density at radius 3 is 2.74 bits per heavy atom. The van der Waals surface area contributed by atoms with Crippen LogP contribution in [-0.2, 0) is 0 Å². The molecule has 3 aliphatic carbocycles. The Morgan fingerprint density at radius 1 is 1.20 bits per heavy atom. The number of nitriles is 1. The van der Waals surface area contributed by atoms with Crippen molar-refractivity contribution in [3.8, 4) is 28.8 Å². The summed E-state index contributed by atoms with van der Waals surface area (Å²) in [6.07, 6.45) is 9.28. The quantitative estimate of drug-likeness (QED) is 0.590. The number of aromatic nitrogens is 6. The van der Waals surface area contributed by atoms with Gasteiger partial charge in [0, 0.05) is 17.7 Å². The molecule has 0 unspecified atom stereocenters. The number of nitrogens with zero attached hydrogens (tertiary/aromatic N) is 8. The van der Waals surface area contributed by atoms with Crippen LogP contribution in [0.15, 0.2) is 30.6 Å². The van der Waals surface area contributed by atoms with Crippen molar-refractivity contribution >= 4 is 5.95 Å². The summed E-state index contributed by atoms with van der Waals surface area (Å²) >= 11 is 0. The van der Waals surface area contributed by atoms with E-state index in [1.54, 1.807) is 18.3 Å². The van der Waals surface area contributed by atoms with E-state index in [0.29, 0.717) is 22.9 Å². The Bertz CT molecular complexity index is 1280. The van der Waals surface area contributed by atoms with Gasteiger partial charge in [0.1, 0.15) is 23.7 Å². The minimum Gasteiger partial charge on any atom is -0.507 e. The van der Waals surface area contributed by atoms with Gasteiger partial charge in [0.05, 0.1) is 24.1 Å².